The number of rotatable bonds is 5. The third-order valence-corrected chi connectivity index (χ3v) is 16.4. The summed E-state index contributed by atoms with van der Waals surface area (Å²) >= 11 is 0. The molecule has 0 radical (unpaired) electrons. The minimum Gasteiger partial charge on any atom is -0.501 e. The molecule has 2 unspecified atom stereocenters. The Balaban J connectivity index is 0.000000154. The van der Waals surface area contributed by atoms with Crippen LogP contribution in [0.5, 0.6) is 0 Å². The minimum atomic E-state index is -0.660. The van der Waals surface area contributed by atoms with E-state index in [1.165, 1.54) is 50.5 Å². The van der Waals surface area contributed by atoms with Crippen LogP contribution in [0.15, 0.2) is 34.1 Å². The molecule has 6 nitrogen and oxygen atoms in total. The van der Waals surface area contributed by atoms with Crippen LogP contribution in [0.3, 0.4) is 0 Å². The van der Waals surface area contributed by atoms with Gasteiger partial charge >= 0.3 is 0 Å². The lowest BCUT2D eigenvalue weighted by atomic mass is 9.46. The first-order valence-electron chi connectivity index (χ1n) is 20.1. The number of Topliss-reactive ketones (excluding diaryl/α,β-unsaturated/α-hetero) is 1. The second-order valence-electron chi connectivity index (χ2n) is 18.2. The molecule has 0 aliphatic heterocycles. The van der Waals surface area contributed by atoms with Gasteiger partial charge in [0.25, 0.3) is 0 Å². The predicted octanol–water partition coefficient (Wildman–Crippen LogP) is 8.65. The van der Waals surface area contributed by atoms with Crippen LogP contribution in [0.2, 0.25) is 0 Å². The van der Waals surface area contributed by atoms with Crippen LogP contribution in [-0.2, 0) is 19.0 Å². The molecule has 0 saturated heterocycles. The zero-order valence-electron chi connectivity index (χ0n) is 31.4. The maximum atomic E-state index is 11.8. The van der Waals surface area contributed by atoms with Crippen LogP contribution < -0.4 is 0 Å². The highest BCUT2D eigenvalue weighted by molar-refractivity contribution is 5.82. The molecule has 4 fully saturated rings. The summed E-state index contributed by atoms with van der Waals surface area (Å²) in [5, 5.41) is 22.9. The first-order chi connectivity index (χ1) is 23.5. The number of carbonyl (C=O) groups is 1. The van der Waals surface area contributed by atoms with Crippen molar-refractivity contribution in [2.45, 2.75) is 147 Å². The van der Waals surface area contributed by atoms with Crippen molar-refractivity contribution in [1.29, 1.82) is 0 Å². The quantitative estimate of drug-likeness (QED) is 0.283. The first kappa shape index (κ1) is 35.9. The van der Waals surface area contributed by atoms with E-state index in [-0.39, 0.29) is 10.8 Å². The van der Waals surface area contributed by atoms with Gasteiger partial charge in [-0.1, -0.05) is 49.0 Å². The fourth-order valence-electron chi connectivity index (χ4n) is 13.7. The lowest BCUT2D eigenvalue weighted by Gasteiger charge is -2.61. The van der Waals surface area contributed by atoms with Gasteiger partial charge < -0.3 is 24.4 Å². The number of ether oxygens (including phenoxy) is 3. The second-order valence-corrected chi connectivity index (χ2v) is 18.2. The van der Waals surface area contributed by atoms with E-state index >= 15 is 0 Å². The number of hydrogen-bond donors (Lipinski definition) is 2. The maximum absolute atomic E-state index is 11.8. The zero-order chi connectivity index (χ0) is 34.6. The Bertz CT molecular complexity index is 1350. The lowest BCUT2D eigenvalue weighted by molar-refractivity contribution is -0.197. The standard InChI is InChI=1S/C22H34O3.C21H32O3/c1-21-12-10-18-17-9-7-16(25-3)13-15(17)6-8-19(18)20(21)5-4-11-22(21,23)14-24-2;1-20-11-9-17-16-8-6-15(22)12-14(16)5-7-18(17)19(20)4-3-10-21(20,23)13-24-2/h7,18-20,23H,4-6,8-14H2,1-3H3;17-19,23H,3-13H2,1-2H3/t18?,19-,20+,21+,22-;17?,18-,19+,20+,21-/m11/s1. The van der Waals surface area contributed by atoms with Crippen molar-refractivity contribution in [2.75, 3.05) is 34.5 Å². The molecule has 2 N–H and O–H groups in total. The van der Waals surface area contributed by atoms with E-state index in [9.17, 15) is 15.0 Å². The highest BCUT2D eigenvalue weighted by atomic mass is 16.5. The normalized spacial score (nSPS) is 44.6. The molecular formula is C43H66O6. The average Bonchev–Trinajstić information content (AvgIpc) is 3.09. The van der Waals surface area contributed by atoms with Crippen molar-refractivity contribution in [2.24, 2.45) is 46.3 Å². The van der Waals surface area contributed by atoms with Gasteiger partial charge in [0.05, 0.1) is 37.3 Å². The van der Waals surface area contributed by atoms with Crippen LogP contribution >= 0.6 is 0 Å². The topological polar surface area (TPSA) is 85.2 Å². The molecule has 0 spiro atoms. The molecule has 0 amide bonds. The molecule has 0 aromatic heterocycles. The van der Waals surface area contributed by atoms with Gasteiger partial charge in [-0.25, -0.2) is 0 Å². The number of allylic oxidation sites excluding steroid dienone is 5. The monoisotopic (exact) mass is 678 g/mol. The number of carbonyl (C=O) groups excluding carboxylic acids is 1. The van der Waals surface area contributed by atoms with Crippen LogP contribution in [0.4, 0.5) is 0 Å². The van der Waals surface area contributed by atoms with Crippen LogP contribution in [0.1, 0.15) is 136 Å². The molecule has 8 rings (SSSR count). The summed E-state index contributed by atoms with van der Waals surface area (Å²) in [6.07, 6.45) is 23.0. The Labute approximate surface area is 296 Å². The van der Waals surface area contributed by atoms with Crippen LogP contribution in [-0.4, -0.2) is 61.7 Å². The third kappa shape index (κ3) is 5.95. The Morgan fingerprint density at radius 2 is 1.20 bits per heavy atom. The molecule has 10 atom stereocenters. The number of hydrogen-bond acceptors (Lipinski definition) is 6. The number of ketones is 1. The predicted molar refractivity (Wildman–Crippen MR) is 193 cm³/mol. The SMILES string of the molecule is COC[C@]1(O)CCC[C@H]2[C@@H]3CCC4=C(CC=C(OC)C4)C3CC[C@@]21C.COC[C@]1(O)CCC[C@H]2[C@@H]3CCC4=C(CCC(=O)C4)C3CC[C@@]21C. The van der Waals surface area contributed by atoms with E-state index in [0.29, 0.717) is 42.7 Å². The van der Waals surface area contributed by atoms with E-state index in [2.05, 4.69) is 19.9 Å². The van der Waals surface area contributed by atoms with Gasteiger partial charge in [-0.3, -0.25) is 4.79 Å². The maximum Gasteiger partial charge on any atom is 0.137 e. The van der Waals surface area contributed by atoms with Crippen LogP contribution in [0, 0.1) is 46.3 Å². The summed E-state index contributed by atoms with van der Waals surface area (Å²) in [7, 11) is 5.25. The largest absolute Gasteiger partial charge is 0.501 e. The van der Waals surface area contributed by atoms with Crippen molar-refractivity contribution < 1.29 is 29.2 Å². The number of aliphatic hydroxyl groups is 2. The average molecular weight is 679 g/mol. The first-order valence-corrected chi connectivity index (χ1v) is 20.1. The van der Waals surface area contributed by atoms with Gasteiger partial charge in [-0.05, 0) is 131 Å². The molecule has 0 aromatic rings. The van der Waals surface area contributed by atoms with Crippen molar-refractivity contribution in [3.05, 3.63) is 34.1 Å². The van der Waals surface area contributed by atoms with Crippen molar-refractivity contribution >= 4 is 5.78 Å². The highest BCUT2D eigenvalue weighted by Gasteiger charge is 2.61. The van der Waals surface area contributed by atoms with Crippen molar-refractivity contribution in [1.82, 2.24) is 0 Å². The second kappa shape index (κ2) is 13.8. The van der Waals surface area contributed by atoms with Gasteiger partial charge in [0, 0.05) is 44.3 Å². The number of fused-ring (bicyclic) bond motifs is 8. The molecule has 49 heavy (non-hydrogen) atoms. The van der Waals surface area contributed by atoms with E-state index in [0.717, 1.165) is 94.6 Å². The molecule has 0 aromatic carbocycles. The fraction of sp³-hybridized carbons (Fsp3) is 0.837. The van der Waals surface area contributed by atoms with Gasteiger partial charge in [-0.15, -0.1) is 0 Å². The summed E-state index contributed by atoms with van der Waals surface area (Å²) in [6.45, 7) is 5.66. The molecule has 6 heteroatoms. The summed E-state index contributed by atoms with van der Waals surface area (Å²) in [5.41, 5.74) is 5.22. The molecular weight excluding hydrogens is 612 g/mol. The van der Waals surface area contributed by atoms with Crippen molar-refractivity contribution in [3.8, 4) is 0 Å². The minimum absolute atomic E-state index is 0.00895. The Morgan fingerprint density at radius 3 is 1.73 bits per heavy atom. The Hall–Kier alpha value is -1.47. The Morgan fingerprint density at radius 1 is 0.673 bits per heavy atom. The van der Waals surface area contributed by atoms with E-state index in [1.807, 2.05) is 0 Å². The molecule has 8 aliphatic carbocycles. The molecule has 0 heterocycles. The van der Waals surface area contributed by atoms with E-state index in [1.54, 1.807) is 38.0 Å². The molecule has 0 bridgehead atoms. The lowest BCUT2D eigenvalue weighted by Crippen LogP contribution is -2.60. The number of methoxy groups -OCH3 is 3. The van der Waals surface area contributed by atoms with Gasteiger partial charge in [-0.2, -0.15) is 0 Å². The van der Waals surface area contributed by atoms with Gasteiger partial charge in [0.1, 0.15) is 5.78 Å². The van der Waals surface area contributed by atoms with E-state index in [4.69, 9.17) is 14.2 Å². The van der Waals surface area contributed by atoms with Crippen molar-refractivity contribution in [3.63, 3.8) is 0 Å². The smallest absolute Gasteiger partial charge is 0.137 e. The summed E-state index contributed by atoms with van der Waals surface area (Å²) < 4.78 is 16.4. The molecule has 274 valence electrons. The third-order valence-electron chi connectivity index (χ3n) is 16.4. The van der Waals surface area contributed by atoms with Gasteiger partial charge in [0.2, 0.25) is 0 Å². The zero-order valence-corrected chi connectivity index (χ0v) is 31.4. The van der Waals surface area contributed by atoms with Gasteiger partial charge in [0.15, 0.2) is 0 Å². The Kier molecular flexibility index (Phi) is 10.1. The molecule has 8 aliphatic rings. The summed E-state index contributed by atoms with van der Waals surface area (Å²) in [5.74, 6) is 5.73. The summed E-state index contributed by atoms with van der Waals surface area (Å²) in [6, 6.07) is 0. The molecule has 4 saturated carbocycles. The highest BCUT2D eigenvalue weighted by Crippen LogP contribution is 2.64. The van der Waals surface area contributed by atoms with E-state index < -0.39 is 11.2 Å². The fourth-order valence-corrected chi connectivity index (χ4v) is 13.7. The summed E-state index contributed by atoms with van der Waals surface area (Å²) in [4.78, 5) is 11.8. The van der Waals surface area contributed by atoms with Crippen LogP contribution in [0.25, 0.3) is 0 Å².